The fourth-order valence-corrected chi connectivity index (χ4v) is 1.53. The van der Waals surface area contributed by atoms with E-state index in [1.807, 2.05) is 0 Å². The minimum Gasteiger partial charge on any atom is -0.548 e. The molecule has 0 aliphatic rings. The Labute approximate surface area is 65.2 Å². The molecule has 0 N–H and O–H groups in total. The van der Waals surface area contributed by atoms with E-state index in [4.69, 9.17) is 4.43 Å². The van der Waals surface area contributed by atoms with Gasteiger partial charge in [0.05, 0.1) is 5.76 Å². The van der Waals surface area contributed by atoms with Gasteiger partial charge in [-0.3, -0.25) is 0 Å². The van der Waals surface area contributed by atoms with E-state index in [-0.39, 0.29) is 0 Å². The van der Waals surface area contributed by atoms with Crippen LogP contribution in [0.1, 0.15) is 13.8 Å². The quantitative estimate of drug-likeness (QED) is 0.453. The van der Waals surface area contributed by atoms with Crippen LogP contribution in [0.3, 0.4) is 0 Å². The summed E-state index contributed by atoms with van der Waals surface area (Å²) in [7, 11) is -1.38. The van der Waals surface area contributed by atoms with Crippen LogP contribution in [0.5, 0.6) is 0 Å². The first-order valence-corrected chi connectivity index (χ1v) is 7.11. The summed E-state index contributed by atoms with van der Waals surface area (Å²) in [4.78, 5) is 0. The standard InChI is InChI=1S/C8H18OSi/c1-7(2)8(3)9-10(4,5)6/h7H,3H2,1-2,4-6H3. The molecule has 0 radical (unpaired) electrons. The van der Waals surface area contributed by atoms with Gasteiger partial charge in [0, 0.05) is 5.92 Å². The maximum absolute atomic E-state index is 5.64. The Morgan fingerprint density at radius 1 is 1.30 bits per heavy atom. The molecule has 0 aromatic heterocycles. The van der Waals surface area contributed by atoms with Gasteiger partial charge in [-0.15, -0.1) is 0 Å². The van der Waals surface area contributed by atoms with E-state index in [1.54, 1.807) is 0 Å². The summed E-state index contributed by atoms with van der Waals surface area (Å²) in [5.74, 6) is 1.38. The number of allylic oxidation sites excluding steroid dienone is 1. The normalized spacial score (nSPS) is 11.8. The average molecular weight is 158 g/mol. The largest absolute Gasteiger partial charge is 0.548 e. The Bertz CT molecular complexity index is 122. The van der Waals surface area contributed by atoms with Crippen molar-refractivity contribution in [3.05, 3.63) is 12.3 Å². The van der Waals surface area contributed by atoms with E-state index >= 15 is 0 Å². The smallest absolute Gasteiger partial charge is 0.241 e. The van der Waals surface area contributed by atoms with Gasteiger partial charge in [0.1, 0.15) is 0 Å². The molecule has 0 aliphatic carbocycles. The van der Waals surface area contributed by atoms with Crippen LogP contribution in [0.4, 0.5) is 0 Å². The van der Waals surface area contributed by atoms with Crippen LogP contribution < -0.4 is 0 Å². The first-order valence-electron chi connectivity index (χ1n) is 3.71. The predicted molar refractivity (Wildman–Crippen MR) is 48.4 cm³/mol. The summed E-state index contributed by atoms with van der Waals surface area (Å²) in [5.41, 5.74) is 0. The highest BCUT2D eigenvalue weighted by atomic mass is 28.4. The van der Waals surface area contributed by atoms with E-state index in [0.29, 0.717) is 5.92 Å². The van der Waals surface area contributed by atoms with Crippen molar-refractivity contribution in [1.29, 1.82) is 0 Å². The molecule has 0 heterocycles. The summed E-state index contributed by atoms with van der Waals surface area (Å²) in [5, 5.41) is 0. The van der Waals surface area contributed by atoms with Crippen LogP contribution in [0.2, 0.25) is 19.6 Å². The van der Waals surface area contributed by atoms with Crippen LogP contribution in [-0.4, -0.2) is 8.32 Å². The van der Waals surface area contributed by atoms with E-state index < -0.39 is 8.32 Å². The van der Waals surface area contributed by atoms with Crippen molar-refractivity contribution in [3.63, 3.8) is 0 Å². The molecule has 0 atom stereocenters. The molecule has 0 bridgehead atoms. The van der Waals surface area contributed by atoms with E-state index in [1.165, 1.54) is 0 Å². The topological polar surface area (TPSA) is 9.23 Å². The van der Waals surface area contributed by atoms with Crippen molar-refractivity contribution < 1.29 is 4.43 Å². The molecule has 0 saturated carbocycles. The molecule has 0 spiro atoms. The van der Waals surface area contributed by atoms with Gasteiger partial charge in [-0.1, -0.05) is 20.4 Å². The van der Waals surface area contributed by atoms with E-state index in [2.05, 4.69) is 40.1 Å². The van der Waals surface area contributed by atoms with Gasteiger partial charge in [-0.05, 0) is 19.6 Å². The monoisotopic (exact) mass is 158 g/mol. The Morgan fingerprint density at radius 2 is 1.70 bits per heavy atom. The van der Waals surface area contributed by atoms with Crippen LogP contribution in [0.15, 0.2) is 12.3 Å². The van der Waals surface area contributed by atoms with Crippen LogP contribution in [0, 0.1) is 5.92 Å². The molecule has 0 amide bonds. The Kier molecular flexibility index (Phi) is 3.16. The average Bonchev–Trinajstić information content (AvgIpc) is 1.60. The van der Waals surface area contributed by atoms with E-state index in [9.17, 15) is 0 Å². The lowest BCUT2D eigenvalue weighted by Gasteiger charge is -2.22. The van der Waals surface area contributed by atoms with Gasteiger partial charge in [0.25, 0.3) is 0 Å². The van der Waals surface area contributed by atoms with Crippen molar-refractivity contribution in [1.82, 2.24) is 0 Å². The molecular weight excluding hydrogens is 140 g/mol. The van der Waals surface area contributed by atoms with Gasteiger partial charge in [0.2, 0.25) is 8.32 Å². The molecule has 10 heavy (non-hydrogen) atoms. The number of rotatable bonds is 3. The van der Waals surface area contributed by atoms with Gasteiger partial charge >= 0.3 is 0 Å². The summed E-state index contributed by atoms with van der Waals surface area (Å²) < 4.78 is 5.64. The zero-order chi connectivity index (χ0) is 8.36. The van der Waals surface area contributed by atoms with Crippen molar-refractivity contribution in [2.24, 2.45) is 5.92 Å². The molecule has 0 unspecified atom stereocenters. The highest BCUT2D eigenvalue weighted by molar-refractivity contribution is 6.70. The summed E-state index contributed by atoms with van der Waals surface area (Å²) in [6.45, 7) is 14.6. The second kappa shape index (κ2) is 3.24. The van der Waals surface area contributed by atoms with Gasteiger partial charge in [-0.25, -0.2) is 0 Å². The summed E-state index contributed by atoms with van der Waals surface area (Å²) in [6, 6.07) is 0. The van der Waals surface area contributed by atoms with Crippen molar-refractivity contribution in [2.75, 3.05) is 0 Å². The van der Waals surface area contributed by atoms with Crippen molar-refractivity contribution in [3.8, 4) is 0 Å². The lowest BCUT2D eigenvalue weighted by atomic mass is 10.2. The molecule has 0 aliphatic heterocycles. The highest BCUT2D eigenvalue weighted by Crippen LogP contribution is 2.15. The van der Waals surface area contributed by atoms with E-state index in [0.717, 1.165) is 5.76 Å². The third-order valence-corrected chi connectivity index (χ3v) is 1.96. The highest BCUT2D eigenvalue weighted by Gasteiger charge is 2.17. The van der Waals surface area contributed by atoms with Crippen LogP contribution >= 0.6 is 0 Å². The lowest BCUT2D eigenvalue weighted by Crippen LogP contribution is -2.25. The predicted octanol–water partition coefficient (Wildman–Crippen LogP) is 3.01. The molecule has 1 nitrogen and oxygen atoms in total. The molecule has 0 rings (SSSR count). The zero-order valence-electron chi connectivity index (χ0n) is 7.69. The maximum atomic E-state index is 5.64. The Balaban J connectivity index is 3.81. The molecule has 0 aromatic rings. The Morgan fingerprint density at radius 3 is 1.80 bits per heavy atom. The van der Waals surface area contributed by atoms with Gasteiger partial charge in [-0.2, -0.15) is 0 Å². The van der Waals surface area contributed by atoms with Crippen molar-refractivity contribution >= 4 is 8.32 Å². The minimum atomic E-state index is -1.38. The molecular formula is C8H18OSi. The first kappa shape index (κ1) is 9.76. The summed E-state index contributed by atoms with van der Waals surface area (Å²) in [6.07, 6.45) is 0. The minimum absolute atomic E-state index is 0.451. The zero-order valence-corrected chi connectivity index (χ0v) is 8.69. The molecule has 0 saturated heterocycles. The number of hydrogen-bond donors (Lipinski definition) is 0. The molecule has 0 aromatic carbocycles. The first-order chi connectivity index (χ1) is 4.33. The third kappa shape index (κ3) is 4.62. The Hall–Kier alpha value is -0.243. The molecule has 2 heteroatoms. The van der Waals surface area contributed by atoms with Crippen molar-refractivity contribution in [2.45, 2.75) is 33.5 Å². The lowest BCUT2D eigenvalue weighted by molar-refractivity contribution is 0.367. The second-order valence-electron chi connectivity index (χ2n) is 3.84. The molecule has 0 fully saturated rings. The third-order valence-electron chi connectivity index (χ3n) is 1.08. The second-order valence-corrected chi connectivity index (χ2v) is 8.26. The maximum Gasteiger partial charge on any atom is 0.241 e. The summed E-state index contributed by atoms with van der Waals surface area (Å²) >= 11 is 0. The van der Waals surface area contributed by atoms with Gasteiger partial charge < -0.3 is 4.43 Å². The fraction of sp³-hybridized carbons (Fsp3) is 0.750. The van der Waals surface area contributed by atoms with Crippen LogP contribution in [-0.2, 0) is 4.43 Å². The SMILES string of the molecule is C=C(O[Si](C)(C)C)C(C)C. The molecule has 60 valence electrons. The number of hydrogen-bond acceptors (Lipinski definition) is 1. The van der Waals surface area contributed by atoms with Gasteiger partial charge in [0.15, 0.2) is 0 Å². The fourth-order valence-electron chi connectivity index (χ4n) is 0.511. The van der Waals surface area contributed by atoms with Crippen LogP contribution in [0.25, 0.3) is 0 Å².